The minimum Gasteiger partial charge on any atom is -0.465 e. The van der Waals surface area contributed by atoms with Gasteiger partial charge in [0.1, 0.15) is 0 Å². The number of aromatic nitrogens is 2. The quantitative estimate of drug-likeness (QED) is 0.673. The van der Waals surface area contributed by atoms with E-state index in [1.54, 1.807) is 23.2 Å². The Bertz CT molecular complexity index is 1070. The number of benzene rings is 1. The number of rotatable bonds is 4. The van der Waals surface area contributed by atoms with Gasteiger partial charge >= 0.3 is 6.09 Å². The number of hydrogen-bond donors (Lipinski definition) is 1. The van der Waals surface area contributed by atoms with E-state index in [9.17, 15) is 23.5 Å². The van der Waals surface area contributed by atoms with Crippen LogP contribution in [0, 0.1) is 5.92 Å². The molecule has 2 saturated carbocycles. The van der Waals surface area contributed by atoms with E-state index in [0.717, 1.165) is 24.0 Å². The van der Waals surface area contributed by atoms with Crippen molar-refractivity contribution >= 4 is 23.4 Å². The van der Waals surface area contributed by atoms with Gasteiger partial charge in [0.05, 0.1) is 29.7 Å². The van der Waals surface area contributed by atoms with Crippen LogP contribution in [0.15, 0.2) is 30.6 Å². The number of carbonyl (C=O) groups excluding carboxylic acids is 1. The highest BCUT2D eigenvalue weighted by Crippen LogP contribution is 2.42. The summed E-state index contributed by atoms with van der Waals surface area (Å²) in [5, 5.41) is 14.2. The lowest BCUT2D eigenvalue weighted by molar-refractivity contribution is -0.121. The fourth-order valence-electron chi connectivity index (χ4n) is 5.04. The van der Waals surface area contributed by atoms with Crippen molar-refractivity contribution in [3.63, 3.8) is 0 Å². The van der Waals surface area contributed by atoms with Crippen LogP contribution in [0.25, 0.3) is 11.1 Å². The molecule has 33 heavy (non-hydrogen) atoms. The number of carboxylic acid groups (broad SMARTS) is 1. The minimum atomic E-state index is -2.63. The maximum absolute atomic E-state index is 13.5. The Hall–Kier alpha value is -2.97. The van der Waals surface area contributed by atoms with E-state index in [4.69, 9.17) is 0 Å². The van der Waals surface area contributed by atoms with Gasteiger partial charge in [-0.2, -0.15) is 5.10 Å². The predicted molar refractivity (Wildman–Crippen MR) is 120 cm³/mol. The lowest BCUT2D eigenvalue weighted by Gasteiger charge is -2.41. The van der Waals surface area contributed by atoms with E-state index in [0.29, 0.717) is 30.3 Å². The van der Waals surface area contributed by atoms with Crippen molar-refractivity contribution < 1.29 is 23.5 Å². The molecule has 7 nitrogen and oxygen atoms in total. The number of alkyl halides is 2. The Morgan fingerprint density at radius 3 is 2.52 bits per heavy atom. The molecule has 1 aromatic carbocycles. The highest BCUT2D eigenvalue weighted by molar-refractivity contribution is 6.03. The standard InChI is InChI=1S/C24H28F2N4O3/c1-15-13-28(23(32)33)21-11-17(18-12-27-29(14-18)19-3-4-19)2-5-20(21)30(15)22(31)10-16-6-8-24(25,26)9-7-16/h2,5,11-12,14-16,19H,3-4,6-10,13H2,1H3,(H,32,33)/t15-/m0/s1. The van der Waals surface area contributed by atoms with Gasteiger partial charge in [0.15, 0.2) is 0 Å². The Morgan fingerprint density at radius 1 is 1.12 bits per heavy atom. The summed E-state index contributed by atoms with van der Waals surface area (Å²) in [6, 6.07) is 5.56. The van der Waals surface area contributed by atoms with E-state index in [1.165, 1.54) is 4.90 Å². The Labute approximate surface area is 191 Å². The molecule has 1 N–H and O–H groups in total. The van der Waals surface area contributed by atoms with Crippen LogP contribution < -0.4 is 9.80 Å². The number of hydrogen-bond acceptors (Lipinski definition) is 3. The van der Waals surface area contributed by atoms with Crippen molar-refractivity contribution in [1.82, 2.24) is 9.78 Å². The normalized spacial score (nSPS) is 22.8. The maximum Gasteiger partial charge on any atom is 0.411 e. The van der Waals surface area contributed by atoms with Crippen molar-refractivity contribution in [3.8, 4) is 11.1 Å². The number of anilines is 2. The van der Waals surface area contributed by atoms with E-state index in [-0.39, 0.29) is 43.7 Å². The molecule has 0 saturated heterocycles. The highest BCUT2D eigenvalue weighted by Gasteiger charge is 2.39. The number of nitrogens with zero attached hydrogens (tertiary/aromatic N) is 4. The number of fused-ring (bicyclic) bond motifs is 1. The lowest BCUT2D eigenvalue weighted by atomic mass is 9.84. The van der Waals surface area contributed by atoms with Crippen molar-refractivity contribution in [1.29, 1.82) is 0 Å². The second-order valence-corrected chi connectivity index (χ2v) is 9.65. The number of carbonyl (C=O) groups is 2. The summed E-state index contributed by atoms with van der Waals surface area (Å²) in [7, 11) is 0. The SMILES string of the molecule is C[C@H]1CN(C(=O)O)c2cc(-c3cnn(C4CC4)c3)ccc2N1C(=O)CC1CCC(F)(F)CC1. The first kappa shape index (κ1) is 21.9. The van der Waals surface area contributed by atoms with Gasteiger partial charge in [-0.05, 0) is 56.2 Å². The zero-order valence-corrected chi connectivity index (χ0v) is 18.6. The van der Waals surface area contributed by atoms with Gasteiger partial charge in [-0.15, -0.1) is 0 Å². The van der Waals surface area contributed by atoms with Crippen LogP contribution in [0.2, 0.25) is 0 Å². The molecule has 1 atom stereocenters. The van der Waals surface area contributed by atoms with E-state index < -0.39 is 12.0 Å². The second-order valence-electron chi connectivity index (χ2n) is 9.65. The summed E-state index contributed by atoms with van der Waals surface area (Å²) in [6.07, 6.45) is 5.41. The van der Waals surface area contributed by atoms with Crippen molar-refractivity contribution in [3.05, 3.63) is 30.6 Å². The summed E-state index contributed by atoms with van der Waals surface area (Å²) in [5.74, 6) is -2.84. The topological polar surface area (TPSA) is 78.7 Å². The van der Waals surface area contributed by atoms with Crippen LogP contribution in [0.3, 0.4) is 0 Å². The first-order valence-corrected chi connectivity index (χ1v) is 11.6. The molecule has 2 heterocycles. The summed E-state index contributed by atoms with van der Waals surface area (Å²) in [4.78, 5) is 28.2. The van der Waals surface area contributed by atoms with E-state index >= 15 is 0 Å². The molecule has 5 rings (SSSR count). The molecule has 0 bridgehead atoms. The summed E-state index contributed by atoms with van der Waals surface area (Å²) >= 11 is 0. The average Bonchev–Trinajstić information content (AvgIpc) is 3.50. The zero-order chi connectivity index (χ0) is 23.3. The number of halogens is 2. The monoisotopic (exact) mass is 458 g/mol. The number of amides is 2. The van der Waals surface area contributed by atoms with Crippen molar-refractivity contribution in [2.75, 3.05) is 16.3 Å². The van der Waals surface area contributed by atoms with Crippen molar-refractivity contribution in [2.24, 2.45) is 5.92 Å². The molecule has 0 unspecified atom stereocenters. The highest BCUT2D eigenvalue weighted by atomic mass is 19.3. The molecule has 3 aliphatic rings. The molecule has 2 aromatic rings. The van der Waals surface area contributed by atoms with Gasteiger partial charge in [-0.1, -0.05) is 6.07 Å². The molecule has 2 aliphatic carbocycles. The molecule has 9 heteroatoms. The van der Waals surface area contributed by atoms with Gasteiger partial charge in [0.25, 0.3) is 0 Å². The lowest BCUT2D eigenvalue weighted by Crippen LogP contribution is -2.52. The van der Waals surface area contributed by atoms with Crippen LogP contribution in [0.1, 0.15) is 57.9 Å². The van der Waals surface area contributed by atoms with Crippen LogP contribution in [-0.2, 0) is 4.79 Å². The van der Waals surface area contributed by atoms with Crippen LogP contribution in [0.5, 0.6) is 0 Å². The molecular weight excluding hydrogens is 430 g/mol. The van der Waals surface area contributed by atoms with E-state index in [1.807, 2.05) is 23.9 Å². The van der Waals surface area contributed by atoms with Crippen LogP contribution in [0.4, 0.5) is 25.0 Å². The van der Waals surface area contributed by atoms with Gasteiger partial charge in [0.2, 0.25) is 11.8 Å². The molecule has 2 fully saturated rings. The molecule has 1 aliphatic heterocycles. The zero-order valence-electron chi connectivity index (χ0n) is 18.6. The van der Waals surface area contributed by atoms with E-state index in [2.05, 4.69) is 5.10 Å². The average molecular weight is 459 g/mol. The fraction of sp³-hybridized carbons (Fsp3) is 0.542. The smallest absolute Gasteiger partial charge is 0.411 e. The Morgan fingerprint density at radius 2 is 1.85 bits per heavy atom. The van der Waals surface area contributed by atoms with Crippen molar-refractivity contribution in [2.45, 2.75) is 69.9 Å². The predicted octanol–water partition coefficient (Wildman–Crippen LogP) is 5.32. The fourth-order valence-corrected chi connectivity index (χ4v) is 5.04. The second kappa shape index (κ2) is 8.11. The summed E-state index contributed by atoms with van der Waals surface area (Å²) < 4.78 is 29.0. The summed E-state index contributed by atoms with van der Waals surface area (Å²) in [6.45, 7) is 1.97. The van der Waals surface area contributed by atoms with Gasteiger partial charge in [0, 0.05) is 37.6 Å². The minimum absolute atomic E-state index is 0.0715. The maximum atomic E-state index is 13.5. The van der Waals surface area contributed by atoms with Crippen LogP contribution >= 0.6 is 0 Å². The molecule has 0 radical (unpaired) electrons. The molecule has 1 aromatic heterocycles. The third kappa shape index (κ3) is 4.32. The molecule has 2 amide bonds. The Kier molecular flexibility index (Phi) is 5.37. The van der Waals surface area contributed by atoms with Gasteiger partial charge in [-0.3, -0.25) is 14.4 Å². The van der Waals surface area contributed by atoms with Gasteiger partial charge in [-0.25, -0.2) is 13.6 Å². The van der Waals surface area contributed by atoms with Crippen LogP contribution in [-0.4, -0.2) is 45.4 Å². The third-order valence-corrected chi connectivity index (χ3v) is 7.07. The molecule has 0 spiro atoms. The largest absolute Gasteiger partial charge is 0.465 e. The third-order valence-electron chi connectivity index (χ3n) is 7.07. The van der Waals surface area contributed by atoms with Gasteiger partial charge < -0.3 is 10.0 Å². The molecular formula is C24H28F2N4O3. The first-order chi connectivity index (χ1) is 15.7. The summed E-state index contributed by atoms with van der Waals surface area (Å²) in [5.41, 5.74) is 2.74. The first-order valence-electron chi connectivity index (χ1n) is 11.6. The Balaban J connectivity index is 1.42. The molecule has 176 valence electrons.